The Morgan fingerprint density at radius 1 is 1.09 bits per heavy atom. The summed E-state index contributed by atoms with van der Waals surface area (Å²) in [7, 11) is -3.73. The number of para-hydroxylation sites is 1. The minimum atomic E-state index is -3.73. The molecule has 23 heavy (non-hydrogen) atoms. The van der Waals surface area contributed by atoms with Gasteiger partial charge in [0.15, 0.2) is 0 Å². The first kappa shape index (κ1) is 17.0. The fourth-order valence-corrected chi connectivity index (χ4v) is 2.95. The second-order valence-corrected chi connectivity index (χ2v) is 6.68. The van der Waals surface area contributed by atoms with E-state index >= 15 is 0 Å². The van der Waals surface area contributed by atoms with E-state index in [2.05, 4.69) is 9.93 Å². The molecule has 0 aliphatic heterocycles. The zero-order chi connectivity index (χ0) is 16.9. The summed E-state index contributed by atoms with van der Waals surface area (Å²) < 4.78 is 24.6. The van der Waals surface area contributed by atoms with Gasteiger partial charge in [0.05, 0.1) is 10.6 Å². The Kier molecular flexibility index (Phi) is 5.39. The van der Waals surface area contributed by atoms with Crippen LogP contribution in [-0.2, 0) is 16.4 Å². The predicted octanol–water partition coefficient (Wildman–Crippen LogP) is 3.05. The zero-order valence-corrected chi connectivity index (χ0v) is 14.0. The molecule has 0 radical (unpaired) electrons. The third-order valence-electron chi connectivity index (χ3n) is 3.49. The SMILES string of the molecule is CCC(=NNS(=O)(=O)c1ccc(CC)cc1)c1ccccc1O. The lowest BCUT2D eigenvalue weighted by Gasteiger charge is -2.08. The third-order valence-corrected chi connectivity index (χ3v) is 4.72. The maximum Gasteiger partial charge on any atom is 0.276 e. The van der Waals surface area contributed by atoms with Gasteiger partial charge in [0.25, 0.3) is 10.0 Å². The van der Waals surface area contributed by atoms with Crippen LogP contribution in [0.25, 0.3) is 0 Å². The number of hydrogen-bond acceptors (Lipinski definition) is 4. The summed E-state index contributed by atoms with van der Waals surface area (Å²) >= 11 is 0. The van der Waals surface area contributed by atoms with Gasteiger partial charge in [-0.15, -0.1) is 0 Å². The minimum absolute atomic E-state index is 0.0691. The number of phenols is 1. The average Bonchev–Trinajstić information content (AvgIpc) is 2.57. The fourth-order valence-electron chi connectivity index (χ4n) is 2.12. The van der Waals surface area contributed by atoms with Crippen LogP contribution < -0.4 is 4.83 Å². The molecular weight excluding hydrogens is 312 g/mol. The Morgan fingerprint density at radius 3 is 2.30 bits per heavy atom. The highest BCUT2D eigenvalue weighted by molar-refractivity contribution is 7.89. The highest BCUT2D eigenvalue weighted by Crippen LogP contribution is 2.18. The molecule has 0 aromatic heterocycles. The maximum atomic E-state index is 12.3. The predicted molar refractivity (Wildman–Crippen MR) is 91.1 cm³/mol. The van der Waals surface area contributed by atoms with E-state index in [0.29, 0.717) is 17.7 Å². The maximum absolute atomic E-state index is 12.3. The summed E-state index contributed by atoms with van der Waals surface area (Å²) in [5, 5.41) is 13.8. The molecule has 122 valence electrons. The number of nitrogens with one attached hydrogen (secondary N) is 1. The molecule has 6 heteroatoms. The van der Waals surface area contributed by atoms with E-state index in [0.717, 1.165) is 12.0 Å². The van der Waals surface area contributed by atoms with Crippen LogP contribution in [0, 0.1) is 0 Å². The lowest BCUT2D eigenvalue weighted by molar-refractivity contribution is 0.474. The number of aromatic hydroxyl groups is 1. The van der Waals surface area contributed by atoms with E-state index in [9.17, 15) is 13.5 Å². The van der Waals surface area contributed by atoms with Gasteiger partial charge in [-0.3, -0.25) is 0 Å². The van der Waals surface area contributed by atoms with Crippen molar-refractivity contribution in [2.45, 2.75) is 31.6 Å². The van der Waals surface area contributed by atoms with Crippen molar-refractivity contribution in [1.29, 1.82) is 0 Å². The Labute approximate surface area is 136 Å². The second-order valence-electron chi connectivity index (χ2n) is 5.02. The van der Waals surface area contributed by atoms with Crippen molar-refractivity contribution in [3.05, 3.63) is 59.7 Å². The van der Waals surface area contributed by atoms with Gasteiger partial charge in [-0.05, 0) is 42.7 Å². The Hall–Kier alpha value is -2.34. The smallest absolute Gasteiger partial charge is 0.276 e. The molecule has 0 saturated carbocycles. The van der Waals surface area contributed by atoms with Crippen LogP contribution in [0.15, 0.2) is 58.5 Å². The quantitative estimate of drug-likeness (QED) is 0.630. The summed E-state index contributed by atoms with van der Waals surface area (Å²) in [5.74, 6) is 0.0691. The highest BCUT2D eigenvalue weighted by Gasteiger charge is 2.14. The van der Waals surface area contributed by atoms with Crippen molar-refractivity contribution in [1.82, 2.24) is 4.83 Å². The van der Waals surface area contributed by atoms with Crippen molar-refractivity contribution in [3.63, 3.8) is 0 Å². The molecule has 0 fully saturated rings. The molecule has 2 aromatic rings. The van der Waals surface area contributed by atoms with Crippen molar-refractivity contribution in [3.8, 4) is 5.75 Å². The van der Waals surface area contributed by atoms with Crippen molar-refractivity contribution in [2.75, 3.05) is 0 Å². The lowest BCUT2D eigenvalue weighted by atomic mass is 10.1. The number of nitrogens with zero attached hydrogens (tertiary/aromatic N) is 1. The first-order valence-electron chi connectivity index (χ1n) is 7.43. The summed E-state index contributed by atoms with van der Waals surface area (Å²) in [6.45, 7) is 3.85. The van der Waals surface area contributed by atoms with Gasteiger partial charge in [0.1, 0.15) is 5.75 Å². The third kappa shape index (κ3) is 4.10. The molecule has 2 aromatic carbocycles. The van der Waals surface area contributed by atoms with Crippen molar-refractivity contribution < 1.29 is 13.5 Å². The summed E-state index contributed by atoms with van der Waals surface area (Å²) in [5.41, 5.74) is 2.05. The molecule has 2 N–H and O–H groups in total. The van der Waals surface area contributed by atoms with E-state index in [-0.39, 0.29) is 10.6 Å². The molecular formula is C17H20N2O3S. The molecule has 0 aliphatic carbocycles. The second kappa shape index (κ2) is 7.28. The van der Waals surface area contributed by atoms with Crippen molar-refractivity contribution >= 4 is 15.7 Å². The van der Waals surface area contributed by atoms with Gasteiger partial charge < -0.3 is 5.11 Å². The number of benzene rings is 2. The first-order chi connectivity index (χ1) is 11.0. The van der Waals surface area contributed by atoms with Gasteiger partial charge in [0, 0.05) is 5.56 Å². The number of rotatable bonds is 6. The van der Waals surface area contributed by atoms with Crippen LogP contribution in [0.5, 0.6) is 5.75 Å². The number of phenolic OH excluding ortho intramolecular Hbond substituents is 1. The van der Waals surface area contributed by atoms with Gasteiger partial charge in [-0.25, -0.2) is 0 Å². The lowest BCUT2D eigenvalue weighted by Crippen LogP contribution is -2.20. The zero-order valence-electron chi connectivity index (χ0n) is 13.2. The van der Waals surface area contributed by atoms with Crippen molar-refractivity contribution in [2.24, 2.45) is 5.10 Å². The molecule has 0 heterocycles. The molecule has 0 atom stereocenters. The number of hydrogen-bond donors (Lipinski definition) is 2. The van der Waals surface area contributed by atoms with Crippen LogP contribution in [0.3, 0.4) is 0 Å². The highest BCUT2D eigenvalue weighted by atomic mass is 32.2. The van der Waals surface area contributed by atoms with Crippen LogP contribution in [0.2, 0.25) is 0 Å². The van der Waals surface area contributed by atoms with E-state index in [4.69, 9.17) is 0 Å². The number of hydrazone groups is 1. The monoisotopic (exact) mass is 332 g/mol. The Morgan fingerprint density at radius 2 is 1.74 bits per heavy atom. The largest absolute Gasteiger partial charge is 0.507 e. The van der Waals surface area contributed by atoms with Gasteiger partial charge in [-0.2, -0.15) is 18.4 Å². The van der Waals surface area contributed by atoms with Crippen LogP contribution >= 0.6 is 0 Å². The Bertz CT molecular complexity index is 797. The van der Waals surface area contributed by atoms with E-state index in [1.54, 1.807) is 48.5 Å². The average molecular weight is 332 g/mol. The topological polar surface area (TPSA) is 78.8 Å². The van der Waals surface area contributed by atoms with Gasteiger partial charge in [-0.1, -0.05) is 38.1 Å². The Balaban J connectivity index is 2.26. The normalized spacial score (nSPS) is 12.2. The summed E-state index contributed by atoms with van der Waals surface area (Å²) in [6.07, 6.45) is 1.33. The molecule has 0 bridgehead atoms. The minimum Gasteiger partial charge on any atom is -0.507 e. The van der Waals surface area contributed by atoms with E-state index < -0.39 is 10.0 Å². The van der Waals surface area contributed by atoms with Gasteiger partial charge in [0.2, 0.25) is 0 Å². The molecule has 2 rings (SSSR count). The van der Waals surface area contributed by atoms with Crippen LogP contribution in [0.1, 0.15) is 31.4 Å². The number of aryl methyl sites for hydroxylation is 1. The van der Waals surface area contributed by atoms with E-state index in [1.165, 1.54) is 0 Å². The van der Waals surface area contributed by atoms with Gasteiger partial charge >= 0.3 is 0 Å². The van der Waals surface area contributed by atoms with Crippen LogP contribution in [0.4, 0.5) is 0 Å². The van der Waals surface area contributed by atoms with E-state index in [1.807, 2.05) is 13.8 Å². The number of sulfonamides is 1. The molecule has 0 spiro atoms. The summed E-state index contributed by atoms with van der Waals surface area (Å²) in [4.78, 5) is 2.40. The molecule has 0 amide bonds. The fraction of sp³-hybridized carbons (Fsp3) is 0.235. The molecule has 0 aliphatic rings. The first-order valence-corrected chi connectivity index (χ1v) is 8.92. The van der Waals surface area contributed by atoms with Crippen LogP contribution in [-0.4, -0.2) is 19.2 Å². The molecule has 0 unspecified atom stereocenters. The standard InChI is InChI=1S/C17H20N2O3S/c1-3-13-9-11-14(12-10-13)23(21,22)19-18-16(4-2)15-7-5-6-8-17(15)20/h5-12,19-20H,3-4H2,1-2H3. The molecule has 5 nitrogen and oxygen atoms in total. The molecule has 0 saturated heterocycles. The summed E-state index contributed by atoms with van der Waals surface area (Å²) in [6, 6.07) is 13.4.